The van der Waals surface area contributed by atoms with Gasteiger partial charge in [-0.05, 0) is 32.0 Å². The maximum Gasteiger partial charge on any atom is 0.318 e. The lowest BCUT2D eigenvalue weighted by Crippen LogP contribution is -2.32. The van der Waals surface area contributed by atoms with Crippen LogP contribution in [0, 0.1) is 5.82 Å². The zero-order chi connectivity index (χ0) is 18.0. The number of aliphatic carboxylic acids is 1. The Labute approximate surface area is 134 Å². The Bertz CT molecular complexity index is 805. The second kappa shape index (κ2) is 6.81. The Kier molecular flexibility index (Phi) is 5.72. The summed E-state index contributed by atoms with van der Waals surface area (Å²) in [7, 11) is -6.94. The van der Waals surface area contributed by atoms with Gasteiger partial charge in [0, 0.05) is 7.05 Å². The van der Waals surface area contributed by atoms with Crippen LogP contribution in [0.25, 0.3) is 0 Å². The summed E-state index contributed by atoms with van der Waals surface area (Å²) in [5.41, 5.74) is -0.390. The summed E-state index contributed by atoms with van der Waals surface area (Å²) < 4.78 is 64.1. The van der Waals surface area contributed by atoms with Crippen LogP contribution >= 0.6 is 0 Å². The van der Waals surface area contributed by atoms with Crippen molar-refractivity contribution in [2.45, 2.75) is 24.0 Å². The highest BCUT2D eigenvalue weighted by atomic mass is 32.2. The summed E-state index contributed by atoms with van der Waals surface area (Å²) in [6, 6.07) is 2.59. The predicted molar refractivity (Wildman–Crippen MR) is 81.5 cm³/mol. The van der Waals surface area contributed by atoms with Crippen molar-refractivity contribution < 1.29 is 31.1 Å². The second-order valence-corrected chi connectivity index (χ2v) is 9.27. The molecule has 0 aromatic heterocycles. The average Bonchev–Trinajstić information content (AvgIpc) is 2.39. The lowest BCUT2D eigenvalue weighted by molar-refractivity contribution is -0.137. The molecule has 0 heterocycles. The van der Waals surface area contributed by atoms with Gasteiger partial charge in [0.2, 0.25) is 20.0 Å². The van der Waals surface area contributed by atoms with E-state index < -0.39 is 54.2 Å². The fraction of sp³-hybridized carbons (Fsp3) is 0.417. The van der Waals surface area contributed by atoms with Crippen LogP contribution in [0.3, 0.4) is 0 Å². The van der Waals surface area contributed by atoms with Gasteiger partial charge < -0.3 is 5.11 Å². The number of nitrogens with zero attached hydrogens (tertiary/aromatic N) is 1. The van der Waals surface area contributed by atoms with Crippen molar-refractivity contribution in [3.63, 3.8) is 0 Å². The first-order chi connectivity index (χ1) is 10.4. The largest absolute Gasteiger partial charge is 0.480 e. The first-order valence-electron chi connectivity index (χ1n) is 6.37. The Morgan fingerprint density at radius 1 is 1.30 bits per heavy atom. The van der Waals surface area contributed by atoms with E-state index in [1.165, 1.54) is 13.8 Å². The third-order valence-electron chi connectivity index (χ3n) is 2.88. The smallest absolute Gasteiger partial charge is 0.318 e. The van der Waals surface area contributed by atoms with Crippen molar-refractivity contribution in [3.8, 4) is 0 Å². The maximum atomic E-state index is 14.0. The van der Waals surface area contributed by atoms with Gasteiger partial charge in [-0.25, -0.2) is 21.2 Å². The van der Waals surface area contributed by atoms with Crippen molar-refractivity contribution in [1.82, 2.24) is 4.31 Å². The van der Waals surface area contributed by atoms with E-state index in [0.717, 1.165) is 19.2 Å². The molecule has 0 spiro atoms. The maximum absolute atomic E-state index is 14.0. The number of nitrogens with one attached hydrogen (secondary N) is 1. The van der Waals surface area contributed by atoms with E-state index in [1.54, 1.807) is 0 Å². The molecule has 0 aliphatic heterocycles. The van der Waals surface area contributed by atoms with Gasteiger partial charge in [0.1, 0.15) is 12.4 Å². The summed E-state index contributed by atoms with van der Waals surface area (Å²) in [6.45, 7) is 2.02. The minimum Gasteiger partial charge on any atom is -0.480 e. The minimum absolute atomic E-state index is 0.390. The first-order valence-corrected chi connectivity index (χ1v) is 9.36. The van der Waals surface area contributed by atoms with Gasteiger partial charge in [-0.1, -0.05) is 0 Å². The van der Waals surface area contributed by atoms with Gasteiger partial charge in [0.05, 0.1) is 15.8 Å². The van der Waals surface area contributed by atoms with Crippen LogP contribution in [-0.2, 0) is 24.8 Å². The van der Waals surface area contributed by atoms with Crippen LogP contribution in [0.2, 0.25) is 0 Å². The fourth-order valence-electron chi connectivity index (χ4n) is 1.47. The Hall–Kier alpha value is -1.72. The average molecular weight is 368 g/mol. The lowest BCUT2D eigenvalue weighted by Gasteiger charge is -2.16. The second-order valence-electron chi connectivity index (χ2n) is 4.99. The topological polar surface area (TPSA) is 121 Å². The van der Waals surface area contributed by atoms with Gasteiger partial charge in [0.25, 0.3) is 0 Å². The van der Waals surface area contributed by atoms with Gasteiger partial charge in [-0.15, -0.1) is 0 Å². The standard InChI is InChI=1S/C12H17FN2O6S2/c1-8(2)22(18,19)14-11-5-4-9(6-10(11)13)23(20,21)15(3)7-12(16)17/h4-6,8,14H,7H2,1-3H3,(H,16,17). The Morgan fingerprint density at radius 2 is 1.87 bits per heavy atom. The quantitative estimate of drug-likeness (QED) is 0.730. The van der Waals surface area contributed by atoms with Crippen LogP contribution in [0.4, 0.5) is 10.1 Å². The zero-order valence-corrected chi connectivity index (χ0v) is 14.3. The highest BCUT2D eigenvalue weighted by Crippen LogP contribution is 2.22. The van der Waals surface area contributed by atoms with E-state index in [4.69, 9.17) is 5.11 Å². The highest BCUT2D eigenvalue weighted by Gasteiger charge is 2.25. The predicted octanol–water partition coefficient (Wildman–Crippen LogP) is 0.681. The number of rotatable bonds is 7. The molecule has 0 amide bonds. The molecule has 0 fully saturated rings. The van der Waals surface area contributed by atoms with Crippen LogP contribution in [0.15, 0.2) is 23.1 Å². The number of carbonyl (C=O) groups is 1. The van der Waals surface area contributed by atoms with E-state index in [2.05, 4.69) is 0 Å². The lowest BCUT2D eigenvalue weighted by atomic mass is 10.3. The van der Waals surface area contributed by atoms with Crippen LogP contribution < -0.4 is 4.72 Å². The molecule has 0 aliphatic carbocycles. The molecule has 1 aromatic carbocycles. The Morgan fingerprint density at radius 3 is 2.30 bits per heavy atom. The molecule has 0 saturated heterocycles. The van der Waals surface area contributed by atoms with E-state index in [-0.39, 0.29) is 0 Å². The molecule has 0 radical (unpaired) electrons. The zero-order valence-electron chi connectivity index (χ0n) is 12.6. The SMILES string of the molecule is CC(C)S(=O)(=O)Nc1ccc(S(=O)(=O)N(C)CC(=O)O)cc1F. The third kappa shape index (κ3) is 4.62. The van der Waals surface area contributed by atoms with E-state index in [1.807, 2.05) is 4.72 Å². The van der Waals surface area contributed by atoms with E-state index in [9.17, 15) is 26.0 Å². The van der Waals surface area contributed by atoms with Gasteiger partial charge >= 0.3 is 5.97 Å². The number of halogens is 1. The summed E-state index contributed by atoms with van der Waals surface area (Å²) in [5, 5.41) is 7.82. The van der Waals surface area contributed by atoms with Gasteiger partial charge in [0.15, 0.2) is 0 Å². The molecule has 11 heteroatoms. The van der Waals surface area contributed by atoms with Crippen molar-refractivity contribution in [2.75, 3.05) is 18.3 Å². The monoisotopic (exact) mass is 368 g/mol. The highest BCUT2D eigenvalue weighted by molar-refractivity contribution is 7.93. The summed E-state index contributed by atoms with van der Waals surface area (Å²) in [6.07, 6.45) is 0. The molecule has 1 rings (SSSR count). The van der Waals surface area contributed by atoms with Crippen molar-refractivity contribution in [2.24, 2.45) is 0 Å². The third-order valence-corrected chi connectivity index (χ3v) is 6.42. The van der Waals surface area contributed by atoms with Crippen LogP contribution in [0.1, 0.15) is 13.8 Å². The minimum atomic E-state index is -4.20. The van der Waals surface area contributed by atoms with Crippen LogP contribution in [0.5, 0.6) is 0 Å². The molecule has 8 nitrogen and oxygen atoms in total. The molecule has 1 aromatic rings. The fourth-order valence-corrected chi connectivity index (χ4v) is 3.31. The first kappa shape index (κ1) is 19.3. The molecule has 0 aliphatic rings. The summed E-state index contributed by atoms with van der Waals surface area (Å²) in [4.78, 5) is 10.1. The number of likely N-dealkylation sites (N-methyl/N-ethyl adjacent to an activating group) is 1. The molecule has 2 N–H and O–H groups in total. The normalized spacial score (nSPS) is 12.6. The number of hydrogen-bond donors (Lipinski definition) is 2. The molecule has 0 bridgehead atoms. The summed E-state index contributed by atoms with van der Waals surface area (Å²) >= 11 is 0. The molecular formula is C12H17FN2O6S2. The molecule has 23 heavy (non-hydrogen) atoms. The molecular weight excluding hydrogens is 351 g/mol. The number of benzene rings is 1. The number of sulfonamides is 2. The molecule has 0 saturated carbocycles. The van der Waals surface area contributed by atoms with Crippen molar-refractivity contribution >= 4 is 31.7 Å². The molecule has 130 valence electrons. The van der Waals surface area contributed by atoms with E-state index in [0.29, 0.717) is 10.4 Å². The van der Waals surface area contributed by atoms with Gasteiger partial charge in [-0.3, -0.25) is 9.52 Å². The number of carboxylic acids is 1. The number of anilines is 1. The van der Waals surface area contributed by atoms with Crippen LogP contribution in [-0.4, -0.2) is 51.1 Å². The van der Waals surface area contributed by atoms with Gasteiger partial charge in [-0.2, -0.15) is 4.31 Å². The number of carboxylic acid groups (broad SMARTS) is 1. The molecule has 0 unspecified atom stereocenters. The summed E-state index contributed by atoms with van der Waals surface area (Å²) in [5.74, 6) is -2.45. The van der Waals surface area contributed by atoms with E-state index >= 15 is 0 Å². The van der Waals surface area contributed by atoms with Crippen molar-refractivity contribution in [1.29, 1.82) is 0 Å². The van der Waals surface area contributed by atoms with Crippen molar-refractivity contribution in [3.05, 3.63) is 24.0 Å². The Balaban J connectivity index is 3.16. The molecule has 0 atom stereocenters. The number of hydrogen-bond acceptors (Lipinski definition) is 5.